The Bertz CT molecular complexity index is 1290. The third-order valence-corrected chi connectivity index (χ3v) is 7.96. The van der Waals surface area contributed by atoms with Crippen molar-refractivity contribution in [2.45, 2.75) is 15.6 Å². The van der Waals surface area contributed by atoms with Crippen molar-refractivity contribution in [3.8, 4) is 11.8 Å². The minimum atomic E-state index is -0.191. The summed E-state index contributed by atoms with van der Waals surface area (Å²) in [5.74, 6) is 7.52. The van der Waals surface area contributed by atoms with Crippen molar-refractivity contribution < 1.29 is 0 Å². The summed E-state index contributed by atoms with van der Waals surface area (Å²) in [4.78, 5) is 1.38. The van der Waals surface area contributed by atoms with Crippen LogP contribution in [0.4, 0.5) is 0 Å². The molecule has 0 fully saturated rings. The molecule has 0 nitrogen and oxygen atoms in total. The third kappa shape index (κ3) is 2.34. The first-order chi connectivity index (χ1) is 13.8. The molecule has 1 aliphatic carbocycles. The Morgan fingerprint density at radius 3 is 2.46 bits per heavy atom. The summed E-state index contributed by atoms with van der Waals surface area (Å²) in [7, 11) is 0. The van der Waals surface area contributed by atoms with Crippen LogP contribution in [0.25, 0.3) is 15.7 Å². The van der Waals surface area contributed by atoms with E-state index in [4.69, 9.17) is 0 Å². The molecule has 2 heteroatoms. The van der Waals surface area contributed by atoms with Crippen molar-refractivity contribution in [1.82, 2.24) is 0 Å². The fraction of sp³-hybridized carbons (Fsp3) is 0.0769. The van der Waals surface area contributed by atoms with E-state index >= 15 is 0 Å². The molecular weight excluding hydrogens is 376 g/mol. The van der Waals surface area contributed by atoms with Gasteiger partial charge in [-0.3, -0.25) is 0 Å². The number of rotatable bonds is 1. The van der Waals surface area contributed by atoms with Gasteiger partial charge < -0.3 is 0 Å². The topological polar surface area (TPSA) is 0 Å². The zero-order chi connectivity index (χ0) is 18.6. The molecule has 0 saturated heterocycles. The third-order valence-electron chi connectivity index (χ3n) is 5.61. The molecule has 0 radical (unpaired) electrons. The highest BCUT2D eigenvalue weighted by atomic mass is 32.2. The lowest BCUT2D eigenvalue weighted by atomic mass is 9.68. The zero-order valence-corrected chi connectivity index (χ0v) is 16.7. The van der Waals surface area contributed by atoms with Crippen LogP contribution in [-0.2, 0) is 0 Å². The summed E-state index contributed by atoms with van der Waals surface area (Å²) in [6.45, 7) is 0. The van der Waals surface area contributed by atoms with Gasteiger partial charge in [0.15, 0.2) is 0 Å². The van der Waals surface area contributed by atoms with E-state index < -0.39 is 0 Å². The maximum atomic E-state index is 3.70. The molecule has 2 atom stereocenters. The van der Waals surface area contributed by atoms with E-state index in [0.717, 1.165) is 5.56 Å². The van der Waals surface area contributed by atoms with Crippen molar-refractivity contribution >= 4 is 38.8 Å². The maximum Gasteiger partial charge on any atom is 0.117 e. The summed E-state index contributed by atoms with van der Waals surface area (Å²) < 4.78 is 1.18. The first-order valence-electron chi connectivity index (χ1n) is 9.40. The molecule has 0 amide bonds. The predicted molar refractivity (Wildman–Crippen MR) is 121 cm³/mol. The molecule has 0 bridgehead atoms. The number of thioether (sulfide) groups is 1. The van der Waals surface area contributed by atoms with E-state index in [1.165, 1.54) is 31.7 Å². The number of allylic oxidation sites excluding steroid dienone is 1. The molecular formula is C26H16S2. The second-order valence-electron chi connectivity index (χ2n) is 7.23. The smallest absolute Gasteiger partial charge is 0.117 e. The average molecular weight is 393 g/mol. The van der Waals surface area contributed by atoms with Gasteiger partial charge in [0, 0.05) is 21.1 Å². The molecule has 2 unspecified atom stereocenters. The van der Waals surface area contributed by atoms with Gasteiger partial charge in [-0.25, -0.2) is 0 Å². The van der Waals surface area contributed by atoms with Gasteiger partial charge in [0.1, 0.15) is 4.75 Å². The van der Waals surface area contributed by atoms with Gasteiger partial charge in [-0.2, -0.15) is 0 Å². The molecule has 28 heavy (non-hydrogen) atoms. The van der Waals surface area contributed by atoms with E-state index in [2.05, 4.69) is 96.1 Å². The van der Waals surface area contributed by atoms with Crippen LogP contribution in [0, 0.1) is 11.8 Å². The Hall–Kier alpha value is -2.73. The summed E-state index contributed by atoms with van der Waals surface area (Å²) in [5, 5.41) is 3.52. The van der Waals surface area contributed by atoms with Crippen molar-refractivity contribution in [2.75, 3.05) is 0 Å². The first-order valence-corrected chi connectivity index (χ1v) is 11.1. The minimum Gasteiger partial charge on any atom is -0.144 e. The van der Waals surface area contributed by atoms with E-state index in [1.807, 2.05) is 29.2 Å². The van der Waals surface area contributed by atoms with Crippen LogP contribution in [0.3, 0.4) is 0 Å². The summed E-state index contributed by atoms with van der Waals surface area (Å²) >= 11 is 3.76. The summed E-state index contributed by atoms with van der Waals surface area (Å²) in [6.07, 6.45) is 2.42. The van der Waals surface area contributed by atoms with Crippen molar-refractivity contribution in [2.24, 2.45) is 0 Å². The standard InChI is InChI=1S/C26H16S2/c1-3-7-18(8-4-1)11-13-26-22(19-9-5-2-6-10-19)17-23(26)21-16-24-20(12-14-27-24)15-25(21)28-26/h1-10,12,14-17,23H. The zero-order valence-electron chi connectivity index (χ0n) is 15.1. The highest BCUT2D eigenvalue weighted by Gasteiger charge is 2.54. The first kappa shape index (κ1) is 16.2. The lowest BCUT2D eigenvalue weighted by Gasteiger charge is -2.40. The SMILES string of the molecule is C(#CC12Sc3cc4ccsc4cc3C1C=C2c1ccccc1)c1ccccc1. The summed E-state index contributed by atoms with van der Waals surface area (Å²) in [6, 6.07) is 28.0. The van der Waals surface area contributed by atoms with Crippen molar-refractivity contribution in [3.05, 3.63) is 107 Å². The Kier molecular flexibility index (Phi) is 3.56. The Morgan fingerprint density at radius 1 is 0.857 bits per heavy atom. The Labute approximate surface area is 172 Å². The highest BCUT2D eigenvalue weighted by Crippen LogP contribution is 2.66. The molecule has 132 valence electrons. The number of hydrogen-bond acceptors (Lipinski definition) is 2. The number of benzene rings is 3. The van der Waals surface area contributed by atoms with Crippen LogP contribution < -0.4 is 0 Å². The molecule has 4 aromatic rings. The quantitative estimate of drug-likeness (QED) is 0.315. The molecule has 0 N–H and O–H groups in total. The van der Waals surface area contributed by atoms with Crippen LogP contribution >= 0.6 is 23.1 Å². The molecule has 6 rings (SSSR count). The number of thiophene rings is 1. The van der Waals surface area contributed by atoms with Gasteiger partial charge in [-0.1, -0.05) is 78.2 Å². The number of fused-ring (bicyclic) bond motifs is 4. The molecule has 2 aliphatic rings. The minimum absolute atomic E-state index is 0.191. The van der Waals surface area contributed by atoms with E-state index in [9.17, 15) is 0 Å². The second-order valence-corrected chi connectivity index (χ2v) is 9.46. The molecule has 0 spiro atoms. The van der Waals surface area contributed by atoms with Gasteiger partial charge in [-0.15, -0.1) is 11.3 Å². The van der Waals surface area contributed by atoms with Gasteiger partial charge in [0.05, 0.1) is 0 Å². The van der Waals surface area contributed by atoms with E-state index in [0.29, 0.717) is 5.92 Å². The van der Waals surface area contributed by atoms with Crippen LogP contribution in [0.1, 0.15) is 22.6 Å². The fourth-order valence-electron chi connectivity index (χ4n) is 4.20. The Morgan fingerprint density at radius 2 is 1.64 bits per heavy atom. The van der Waals surface area contributed by atoms with E-state index in [1.54, 1.807) is 0 Å². The van der Waals surface area contributed by atoms with Crippen molar-refractivity contribution in [1.29, 1.82) is 0 Å². The monoisotopic (exact) mass is 392 g/mol. The van der Waals surface area contributed by atoms with Crippen LogP contribution in [-0.4, -0.2) is 4.75 Å². The number of hydrogen-bond donors (Lipinski definition) is 0. The van der Waals surface area contributed by atoms with Gasteiger partial charge in [0.2, 0.25) is 0 Å². The molecule has 1 aromatic heterocycles. The second kappa shape index (κ2) is 6.14. The predicted octanol–water partition coefficient (Wildman–Crippen LogP) is 6.98. The van der Waals surface area contributed by atoms with Gasteiger partial charge in [0.25, 0.3) is 0 Å². The van der Waals surface area contributed by atoms with E-state index in [-0.39, 0.29) is 4.75 Å². The van der Waals surface area contributed by atoms with Crippen molar-refractivity contribution in [3.63, 3.8) is 0 Å². The normalized spacial score (nSPS) is 21.9. The van der Waals surface area contributed by atoms with Crippen LogP contribution in [0.15, 0.2) is 95.2 Å². The molecule has 0 saturated carbocycles. The lowest BCUT2D eigenvalue weighted by molar-refractivity contribution is 0.749. The molecule has 2 heterocycles. The van der Waals surface area contributed by atoms with Crippen LogP contribution in [0.5, 0.6) is 0 Å². The molecule has 3 aromatic carbocycles. The lowest BCUT2D eigenvalue weighted by Crippen LogP contribution is -2.36. The largest absolute Gasteiger partial charge is 0.144 e. The highest BCUT2D eigenvalue weighted by molar-refractivity contribution is 8.02. The van der Waals surface area contributed by atoms with Gasteiger partial charge >= 0.3 is 0 Å². The Balaban J connectivity index is 1.51. The fourth-order valence-corrected chi connectivity index (χ4v) is 6.58. The van der Waals surface area contributed by atoms with Crippen LogP contribution in [0.2, 0.25) is 0 Å². The van der Waals surface area contributed by atoms with Gasteiger partial charge in [-0.05, 0) is 57.8 Å². The summed E-state index contributed by atoms with van der Waals surface area (Å²) in [5.41, 5.74) is 5.14. The maximum absolute atomic E-state index is 3.70. The molecule has 1 aliphatic heterocycles. The average Bonchev–Trinajstić information content (AvgIpc) is 3.27.